The number of unbranched alkanes of at least 4 members (excludes halogenated alkanes) is 34. The normalized spacial score (nSPS) is 20.5. The fourth-order valence-corrected chi connectivity index (χ4v) is 9.44. The molecule has 0 radical (unpaired) electrons. The van der Waals surface area contributed by atoms with Gasteiger partial charge in [-0.2, -0.15) is 0 Å². The van der Waals surface area contributed by atoms with Crippen LogP contribution in [0.15, 0.2) is 24.3 Å². The van der Waals surface area contributed by atoms with Crippen molar-refractivity contribution in [1.29, 1.82) is 0 Å². The number of hydrogen-bond donors (Lipinski definition) is 8. The molecule has 0 bridgehead atoms. The van der Waals surface area contributed by atoms with Crippen LogP contribution in [0.2, 0.25) is 0 Å². The van der Waals surface area contributed by atoms with Gasteiger partial charge < -0.3 is 50.5 Å². The van der Waals surface area contributed by atoms with Crippen LogP contribution in [-0.4, -0.2) is 110 Å². The third-order valence-electron chi connectivity index (χ3n) is 14.2. The van der Waals surface area contributed by atoms with E-state index in [9.17, 15) is 40.5 Å². The Bertz CT molecular complexity index is 1170. The Kier molecular flexibility index (Phi) is 45.2. The fraction of sp³-hybridized carbons (Fsp3) is 0.914. The summed E-state index contributed by atoms with van der Waals surface area (Å²) in [5.41, 5.74) is 0. The molecule has 1 aliphatic rings. The maximum absolute atomic E-state index is 13.2. The topological polar surface area (TPSA) is 189 Å². The Labute approximate surface area is 423 Å². The number of carbonyl (C=O) groups is 1. The number of aliphatic hydroxyl groups excluding tert-OH is 7. The predicted molar refractivity (Wildman–Crippen MR) is 284 cm³/mol. The molecule has 1 fully saturated rings. The molecule has 0 aromatic carbocycles. The van der Waals surface area contributed by atoms with E-state index in [4.69, 9.17) is 9.47 Å². The smallest absolute Gasteiger partial charge is 0.249 e. The second-order valence-electron chi connectivity index (χ2n) is 20.7. The van der Waals surface area contributed by atoms with Crippen LogP contribution in [0, 0.1) is 0 Å². The summed E-state index contributed by atoms with van der Waals surface area (Å²) in [5, 5.41) is 76.1. The van der Waals surface area contributed by atoms with Crippen LogP contribution in [0.5, 0.6) is 0 Å². The molecule has 11 nitrogen and oxygen atoms in total. The van der Waals surface area contributed by atoms with E-state index in [2.05, 4.69) is 43.5 Å². The van der Waals surface area contributed by atoms with Gasteiger partial charge in [-0.15, -0.1) is 0 Å². The predicted octanol–water partition coefficient (Wildman–Crippen LogP) is 12.1. The monoisotopic (exact) mass is 982 g/mol. The highest BCUT2D eigenvalue weighted by Gasteiger charge is 2.44. The first-order chi connectivity index (χ1) is 33.7. The van der Waals surface area contributed by atoms with Gasteiger partial charge in [-0.3, -0.25) is 4.79 Å². The quantitative estimate of drug-likeness (QED) is 0.0215. The van der Waals surface area contributed by atoms with Crippen molar-refractivity contribution in [3.63, 3.8) is 0 Å². The zero-order valence-electron chi connectivity index (χ0n) is 44.6. The average Bonchev–Trinajstić information content (AvgIpc) is 3.35. The first-order valence-electron chi connectivity index (χ1n) is 29.2. The lowest BCUT2D eigenvalue weighted by Crippen LogP contribution is -2.60. The zero-order chi connectivity index (χ0) is 50.4. The van der Waals surface area contributed by atoms with E-state index in [0.717, 1.165) is 57.8 Å². The van der Waals surface area contributed by atoms with E-state index in [1.807, 2.05) is 0 Å². The van der Waals surface area contributed by atoms with E-state index in [1.165, 1.54) is 173 Å². The van der Waals surface area contributed by atoms with Gasteiger partial charge in [0.15, 0.2) is 6.29 Å². The molecule has 8 N–H and O–H groups in total. The lowest BCUT2D eigenvalue weighted by Gasteiger charge is -2.40. The first-order valence-corrected chi connectivity index (χ1v) is 29.2. The first kappa shape index (κ1) is 65.6. The van der Waals surface area contributed by atoms with Gasteiger partial charge in [-0.25, -0.2) is 0 Å². The maximum atomic E-state index is 13.2. The van der Waals surface area contributed by atoms with Gasteiger partial charge in [0.2, 0.25) is 5.91 Å². The highest BCUT2D eigenvalue weighted by Crippen LogP contribution is 2.23. The Morgan fingerprint density at radius 3 is 1.25 bits per heavy atom. The number of ether oxygens (including phenoxy) is 2. The molecule has 0 aromatic heterocycles. The summed E-state index contributed by atoms with van der Waals surface area (Å²) in [5.74, 6) is -0.708. The lowest BCUT2D eigenvalue weighted by molar-refractivity contribution is -0.303. The number of amides is 1. The Balaban J connectivity index is 2.33. The van der Waals surface area contributed by atoms with Crippen molar-refractivity contribution in [2.24, 2.45) is 0 Å². The number of carbonyl (C=O) groups excluding carboxylic acids is 1. The molecular weight excluding hydrogens is 871 g/mol. The highest BCUT2D eigenvalue weighted by atomic mass is 16.7. The molecule has 1 amide bonds. The molecule has 9 atom stereocenters. The van der Waals surface area contributed by atoms with Crippen molar-refractivity contribution in [2.45, 2.75) is 326 Å². The summed E-state index contributed by atoms with van der Waals surface area (Å²) in [4.78, 5) is 13.2. The van der Waals surface area contributed by atoms with E-state index in [0.29, 0.717) is 12.8 Å². The molecule has 0 aliphatic carbocycles. The minimum Gasteiger partial charge on any atom is -0.394 e. The summed E-state index contributed by atoms with van der Waals surface area (Å²) in [7, 11) is 0. The standard InChI is InChI=1S/C58H111NO10/c1-3-5-7-9-11-13-15-17-19-21-23-24-25-26-28-29-31-33-35-37-39-41-43-45-50(61)53(63)49(48-68-58-56(66)55(65)54(64)52(47-60)69-58)59-57(67)51(62)46-44-42-40-38-36-34-32-30-27-22-20-18-16-14-12-10-8-6-4-2/h27,30,37,39,49-56,58,60-66H,3-26,28-29,31-36,38,40-48H2,1-2H3,(H,59,67)/b30-27-,39-37+. The molecule has 1 heterocycles. The molecular formula is C58H111NO10. The third kappa shape index (κ3) is 36.2. The highest BCUT2D eigenvalue weighted by molar-refractivity contribution is 5.80. The van der Waals surface area contributed by atoms with E-state index in [1.54, 1.807) is 0 Å². The second-order valence-corrected chi connectivity index (χ2v) is 20.7. The van der Waals surface area contributed by atoms with Crippen LogP contribution in [0.3, 0.4) is 0 Å². The zero-order valence-corrected chi connectivity index (χ0v) is 44.6. The Hall–Kier alpha value is -1.41. The number of hydrogen-bond acceptors (Lipinski definition) is 10. The minimum atomic E-state index is -1.67. The maximum Gasteiger partial charge on any atom is 0.249 e. The molecule has 1 aliphatic heterocycles. The van der Waals surface area contributed by atoms with Gasteiger partial charge in [0.25, 0.3) is 0 Å². The van der Waals surface area contributed by atoms with E-state index < -0.39 is 74.2 Å². The molecule has 1 rings (SSSR count). The number of allylic oxidation sites excluding steroid dienone is 4. The second kappa shape index (κ2) is 47.6. The molecule has 11 heteroatoms. The summed E-state index contributed by atoms with van der Waals surface area (Å²) in [6.07, 6.45) is 45.2. The van der Waals surface area contributed by atoms with Crippen LogP contribution in [0.1, 0.15) is 271 Å². The number of aliphatic hydroxyl groups is 7. The summed E-state index contributed by atoms with van der Waals surface area (Å²) >= 11 is 0. The average molecular weight is 983 g/mol. The molecule has 1 saturated heterocycles. The van der Waals surface area contributed by atoms with Crippen molar-refractivity contribution in [3.05, 3.63) is 24.3 Å². The van der Waals surface area contributed by atoms with Crippen molar-refractivity contribution in [3.8, 4) is 0 Å². The van der Waals surface area contributed by atoms with Gasteiger partial charge in [-0.05, 0) is 64.2 Å². The molecule has 9 unspecified atom stereocenters. The van der Waals surface area contributed by atoms with Crippen molar-refractivity contribution >= 4 is 5.91 Å². The van der Waals surface area contributed by atoms with E-state index in [-0.39, 0.29) is 12.8 Å². The largest absolute Gasteiger partial charge is 0.394 e. The van der Waals surface area contributed by atoms with Gasteiger partial charge >= 0.3 is 0 Å². The Morgan fingerprint density at radius 2 is 0.855 bits per heavy atom. The number of nitrogens with one attached hydrogen (secondary N) is 1. The van der Waals surface area contributed by atoms with Crippen LogP contribution in [0.25, 0.3) is 0 Å². The van der Waals surface area contributed by atoms with Crippen LogP contribution in [-0.2, 0) is 14.3 Å². The van der Waals surface area contributed by atoms with Gasteiger partial charge in [0.1, 0.15) is 36.6 Å². The van der Waals surface area contributed by atoms with Crippen LogP contribution >= 0.6 is 0 Å². The van der Waals surface area contributed by atoms with Gasteiger partial charge in [0, 0.05) is 0 Å². The third-order valence-corrected chi connectivity index (χ3v) is 14.2. The fourth-order valence-electron chi connectivity index (χ4n) is 9.44. The molecule has 0 spiro atoms. The summed E-state index contributed by atoms with van der Waals surface area (Å²) in [6.45, 7) is 3.47. The van der Waals surface area contributed by atoms with Gasteiger partial charge in [-0.1, -0.05) is 231 Å². The van der Waals surface area contributed by atoms with Gasteiger partial charge in [0.05, 0.1) is 25.4 Å². The summed E-state index contributed by atoms with van der Waals surface area (Å²) in [6, 6.07) is -1.19. The van der Waals surface area contributed by atoms with E-state index >= 15 is 0 Å². The van der Waals surface area contributed by atoms with Crippen molar-refractivity contribution < 1.29 is 50.0 Å². The SMILES string of the molecule is CCCCCCCCCCC/C=C\CCCCCCCCC(O)C(=O)NC(COC1OC(CO)C(O)C(O)C1O)C(O)C(O)CCC/C=C/CCCCCCCCCCCCCCCCCCCC. The lowest BCUT2D eigenvalue weighted by atomic mass is 9.98. The molecule has 0 aromatic rings. The van der Waals surface area contributed by atoms with Crippen LogP contribution in [0.4, 0.5) is 0 Å². The molecule has 69 heavy (non-hydrogen) atoms. The number of rotatable bonds is 50. The van der Waals surface area contributed by atoms with Crippen molar-refractivity contribution in [2.75, 3.05) is 13.2 Å². The molecule has 408 valence electrons. The summed E-state index contributed by atoms with van der Waals surface area (Å²) < 4.78 is 11.1. The Morgan fingerprint density at radius 1 is 0.493 bits per heavy atom. The van der Waals surface area contributed by atoms with Crippen LogP contribution < -0.4 is 5.32 Å². The molecule has 0 saturated carbocycles. The van der Waals surface area contributed by atoms with Crippen molar-refractivity contribution in [1.82, 2.24) is 5.32 Å². The minimum absolute atomic E-state index is 0.248.